The number of hydrogen-bond donors (Lipinski definition) is 0. The molecule has 12 heavy (non-hydrogen) atoms. The Morgan fingerprint density at radius 3 is 2.25 bits per heavy atom. The van der Waals surface area contributed by atoms with Crippen molar-refractivity contribution in [3.8, 4) is 0 Å². The van der Waals surface area contributed by atoms with E-state index in [0.29, 0.717) is 5.28 Å². The standard InChI is InChI=1S/C5H8ClN3.CH2O.H2O/c1-3-4-7-5(6)9(2)8-4;1-2;/h3H2,1-2H3;1H2;1H2. The lowest BCUT2D eigenvalue weighted by Crippen LogP contribution is -1.90. The zero-order chi connectivity index (χ0) is 8.85. The van der Waals surface area contributed by atoms with Gasteiger partial charge < -0.3 is 10.3 Å². The van der Waals surface area contributed by atoms with Crippen molar-refractivity contribution in [2.24, 2.45) is 7.05 Å². The second kappa shape index (κ2) is 6.75. The Morgan fingerprint density at radius 1 is 1.58 bits per heavy atom. The molecule has 2 N–H and O–H groups in total. The van der Waals surface area contributed by atoms with Crippen LogP contribution in [0.5, 0.6) is 0 Å². The number of carbonyl (C=O) groups is 1. The molecule has 1 rings (SSSR count). The minimum Gasteiger partial charge on any atom is -0.412 e. The number of nitrogens with zero attached hydrogens (tertiary/aromatic N) is 3. The number of aromatic nitrogens is 3. The molecule has 0 unspecified atom stereocenters. The zero-order valence-electron chi connectivity index (χ0n) is 7.04. The first-order valence-electron chi connectivity index (χ1n) is 3.08. The molecule has 0 aliphatic heterocycles. The molecule has 0 amide bonds. The fourth-order valence-electron chi connectivity index (χ4n) is 0.565. The molecule has 1 aromatic rings. The van der Waals surface area contributed by atoms with E-state index in [0.717, 1.165) is 12.2 Å². The molecule has 0 atom stereocenters. The van der Waals surface area contributed by atoms with E-state index >= 15 is 0 Å². The third-order valence-electron chi connectivity index (χ3n) is 1.07. The lowest BCUT2D eigenvalue weighted by atomic mass is 10.5. The molecule has 1 aromatic heterocycles. The summed E-state index contributed by atoms with van der Waals surface area (Å²) < 4.78 is 1.56. The van der Waals surface area contributed by atoms with Crippen LogP contribution in [0, 0.1) is 0 Å². The van der Waals surface area contributed by atoms with Gasteiger partial charge in [0.25, 0.3) is 0 Å². The average molecular weight is 194 g/mol. The van der Waals surface area contributed by atoms with Gasteiger partial charge in [0.15, 0.2) is 5.82 Å². The Bertz CT molecular complexity index is 207. The van der Waals surface area contributed by atoms with Crippen molar-refractivity contribution in [1.29, 1.82) is 0 Å². The second-order valence-electron chi connectivity index (χ2n) is 1.77. The summed E-state index contributed by atoms with van der Waals surface area (Å²) in [5, 5.41) is 4.45. The summed E-state index contributed by atoms with van der Waals surface area (Å²) in [6.45, 7) is 3.99. The van der Waals surface area contributed by atoms with E-state index in [1.165, 1.54) is 0 Å². The highest BCUT2D eigenvalue weighted by molar-refractivity contribution is 6.28. The smallest absolute Gasteiger partial charge is 0.220 e. The van der Waals surface area contributed by atoms with Crippen LogP contribution in [0.3, 0.4) is 0 Å². The molecule has 0 fully saturated rings. The largest absolute Gasteiger partial charge is 0.412 e. The van der Waals surface area contributed by atoms with Crippen LogP contribution >= 0.6 is 11.6 Å². The predicted octanol–water partition coefficient (Wildman–Crippen LogP) is 0.0213. The van der Waals surface area contributed by atoms with Crippen molar-refractivity contribution in [3.05, 3.63) is 11.1 Å². The van der Waals surface area contributed by atoms with Crippen LogP contribution in [0.2, 0.25) is 5.28 Å². The molecule has 6 heteroatoms. The summed E-state index contributed by atoms with van der Waals surface area (Å²) >= 11 is 5.60. The Morgan fingerprint density at radius 2 is 2.08 bits per heavy atom. The van der Waals surface area contributed by atoms with Gasteiger partial charge in [-0.15, -0.1) is 0 Å². The molecule has 0 saturated carbocycles. The predicted molar refractivity (Wildman–Crippen MR) is 46.1 cm³/mol. The fourth-order valence-corrected chi connectivity index (χ4v) is 0.701. The second-order valence-corrected chi connectivity index (χ2v) is 2.11. The van der Waals surface area contributed by atoms with E-state index in [4.69, 9.17) is 16.4 Å². The van der Waals surface area contributed by atoms with Crippen molar-refractivity contribution >= 4 is 18.4 Å². The summed E-state index contributed by atoms with van der Waals surface area (Å²) in [6, 6.07) is 0. The number of aryl methyl sites for hydroxylation is 2. The normalized spacial score (nSPS) is 7.92. The van der Waals surface area contributed by atoms with E-state index in [2.05, 4.69) is 10.1 Å². The van der Waals surface area contributed by atoms with Gasteiger partial charge in [-0.1, -0.05) is 6.92 Å². The first-order chi connectivity index (χ1) is 5.24. The SMILES string of the molecule is C=O.CCc1nc(Cl)n(C)n1.O. The third-order valence-corrected chi connectivity index (χ3v) is 1.40. The van der Waals surface area contributed by atoms with E-state index in [1.54, 1.807) is 11.7 Å². The van der Waals surface area contributed by atoms with Gasteiger partial charge in [-0.3, -0.25) is 0 Å². The van der Waals surface area contributed by atoms with E-state index < -0.39 is 0 Å². The van der Waals surface area contributed by atoms with Gasteiger partial charge in [0.1, 0.15) is 6.79 Å². The number of halogens is 1. The van der Waals surface area contributed by atoms with Crippen LogP contribution in [0.25, 0.3) is 0 Å². The Balaban J connectivity index is 0. The molecule has 1 heterocycles. The maximum Gasteiger partial charge on any atom is 0.220 e. The van der Waals surface area contributed by atoms with Gasteiger partial charge in [0.05, 0.1) is 0 Å². The summed E-state index contributed by atoms with van der Waals surface area (Å²) in [5.41, 5.74) is 0. The summed E-state index contributed by atoms with van der Waals surface area (Å²) in [6.07, 6.45) is 0.834. The summed E-state index contributed by atoms with van der Waals surface area (Å²) in [7, 11) is 1.77. The van der Waals surface area contributed by atoms with Crippen LogP contribution in [0.15, 0.2) is 0 Å². The van der Waals surface area contributed by atoms with Crippen molar-refractivity contribution in [2.75, 3.05) is 0 Å². The molecule has 0 aliphatic rings. The van der Waals surface area contributed by atoms with Gasteiger partial charge in [-0.05, 0) is 11.6 Å². The number of hydrogen-bond acceptors (Lipinski definition) is 3. The molecular formula is C6H12ClN3O2. The summed E-state index contributed by atoms with van der Waals surface area (Å²) in [4.78, 5) is 11.9. The fraction of sp³-hybridized carbons (Fsp3) is 0.500. The number of rotatable bonds is 1. The molecular weight excluding hydrogens is 182 g/mol. The Labute approximate surface area is 75.7 Å². The van der Waals surface area contributed by atoms with Crippen LogP contribution < -0.4 is 0 Å². The average Bonchev–Trinajstić information content (AvgIpc) is 2.36. The molecule has 0 bridgehead atoms. The molecule has 0 aliphatic carbocycles. The van der Waals surface area contributed by atoms with Crippen molar-refractivity contribution in [1.82, 2.24) is 14.8 Å². The molecule has 5 nitrogen and oxygen atoms in total. The molecule has 0 aromatic carbocycles. The monoisotopic (exact) mass is 193 g/mol. The van der Waals surface area contributed by atoms with E-state index in [-0.39, 0.29) is 5.48 Å². The van der Waals surface area contributed by atoms with Gasteiger partial charge in [0.2, 0.25) is 5.28 Å². The summed E-state index contributed by atoms with van der Waals surface area (Å²) in [5.74, 6) is 0.794. The van der Waals surface area contributed by atoms with Crippen molar-refractivity contribution in [3.63, 3.8) is 0 Å². The first-order valence-corrected chi connectivity index (χ1v) is 3.46. The molecule has 0 spiro atoms. The molecule has 0 radical (unpaired) electrons. The highest BCUT2D eigenvalue weighted by Gasteiger charge is 1.99. The van der Waals surface area contributed by atoms with Crippen LogP contribution in [-0.2, 0) is 18.3 Å². The van der Waals surface area contributed by atoms with Crippen LogP contribution in [0.4, 0.5) is 0 Å². The minimum atomic E-state index is 0. The van der Waals surface area contributed by atoms with Crippen molar-refractivity contribution in [2.45, 2.75) is 13.3 Å². The maximum absolute atomic E-state index is 8.00. The Kier molecular flexibility index (Phi) is 7.67. The van der Waals surface area contributed by atoms with Crippen LogP contribution in [0.1, 0.15) is 12.7 Å². The van der Waals surface area contributed by atoms with Gasteiger partial charge >= 0.3 is 0 Å². The zero-order valence-corrected chi connectivity index (χ0v) is 7.80. The van der Waals surface area contributed by atoms with Crippen molar-refractivity contribution < 1.29 is 10.3 Å². The molecule has 70 valence electrons. The topological polar surface area (TPSA) is 79.3 Å². The minimum absolute atomic E-state index is 0. The lowest BCUT2D eigenvalue weighted by Gasteiger charge is -1.83. The highest BCUT2D eigenvalue weighted by Crippen LogP contribution is 2.02. The maximum atomic E-state index is 8.00. The lowest BCUT2D eigenvalue weighted by molar-refractivity contribution is -0.0979. The van der Waals surface area contributed by atoms with E-state index in [9.17, 15) is 0 Å². The molecule has 0 saturated heterocycles. The third kappa shape index (κ3) is 3.45. The Hall–Kier alpha value is -0.940. The van der Waals surface area contributed by atoms with Crippen LogP contribution in [-0.4, -0.2) is 27.0 Å². The van der Waals surface area contributed by atoms with Gasteiger partial charge in [-0.2, -0.15) is 5.10 Å². The first kappa shape index (κ1) is 13.6. The van der Waals surface area contributed by atoms with Gasteiger partial charge in [0, 0.05) is 13.5 Å². The highest BCUT2D eigenvalue weighted by atomic mass is 35.5. The van der Waals surface area contributed by atoms with Gasteiger partial charge in [-0.25, -0.2) is 9.67 Å². The number of carbonyl (C=O) groups excluding carboxylic acids is 1. The van der Waals surface area contributed by atoms with E-state index in [1.807, 2.05) is 13.7 Å². The quantitative estimate of drug-likeness (QED) is 0.631.